The van der Waals surface area contributed by atoms with Gasteiger partial charge in [-0.1, -0.05) is 30.3 Å². The molecular weight excluding hydrogens is 866 g/mol. The van der Waals surface area contributed by atoms with Gasteiger partial charge in [0.15, 0.2) is 0 Å². The van der Waals surface area contributed by atoms with Crippen molar-refractivity contribution in [2.75, 3.05) is 57.7 Å². The molecule has 3 aliphatic heterocycles. The summed E-state index contributed by atoms with van der Waals surface area (Å²) < 4.78 is 50.8. The second-order valence-electron chi connectivity index (χ2n) is 19.2. The van der Waals surface area contributed by atoms with E-state index in [0.29, 0.717) is 30.4 Å². The molecule has 18 heteroatoms. The summed E-state index contributed by atoms with van der Waals surface area (Å²) >= 11 is 0. The number of fused-ring (bicyclic) bond motifs is 2. The number of hydrogen-bond acceptors (Lipinski definition) is 11. The van der Waals surface area contributed by atoms with Crippen LogP contribution in [0.4, 0.5) is 19.1 Å². The number of alkyl halides is 3. The van der Waals surface area contributed by atoms with Crippen molar-refractivity contribution in [2.24, 2.45) is 7.05 Å². The highest BCUT2D eigenvalue weighted by Gasteiger charge is 2.33. The van der Waals surface area contributed by atoms with Crippen molar-refractivity contribution < 1.29 is 32.6 Å². The zero-order valence-corrected chi connectivity index (χ0v) is 38.5. The zero-order chi connectivity index (χ0) is 46.8. The summed E-state index contributed by atoms with van der Waals surface area (Å²) in [7, 11) is 1.73. The summed E-state index contributed by atoms with van der Waals surface area (Å²) in [6.07, 6.45) is 4.94. The van der Waals surface area contributed by atoms with Crippen LogP contribution in [0.5, 0.6) is 0 Å². The van der Waals surface area contributed by atoms with Gasteiger partial charge >= 0.3 is 11.9 Å². The van der Waals surface area contributed by atoms with E-state index in [1.807, 2.05) is 18.2 Å². The van der Waals surface area contributed by atoms with Gasteiger partial charge in [0.1, 0.15) is 11.7 Å². The topological polar surface area (TPSA) is 155 Å². The van der Waals surface area contributed by atoms with E-state index in [-0.39, 0.29) is 42.2 Å². The lowest BCUT2D eigenvalue weighted by Crippen LogP contribution is -2.46. The number of hydrogen-bond donors (Lipinski definition) is 3. The number of anilines is 1. The molecule has 6 heterocycles. The van der Waals surface area contributed by atoms with Crippen molar-refractivity contribution in [3.05, 3.63) is 76.5 Å². The van der Waals surface area contributed by atoms with E-state index in [4.69, 9.17) is 9.72 Å². The van der Waals surface area contributed by atoms with Crippen molar-refractivity contribution >= 4 is 39.8 Å². The van der Waals surface area contributed by atoms with Crippen molar-refractivity contribution in [3.63, 3.8) is 0 Å². The number of halogens is 3. The average Bonchev–Trinajstić information content (AvgIpc) is 3.79. The van der Waals surface area contributed by atoms with E-state index in [2.05, 4.69) is 65.3 Å². The molecule has 2 aromatic carbocycles. The molecule has 9 rings (SSSR count). The molecule has 5 aromatic rings. The number of aryl methyl sites for hydroxylation is 1. The SMILES string of the molecule is C[C@H](CC(F)(F)F)Nc1ncc2c(-c3ccc(CN4CCN(CCCOC5CCN(Cc6ccc7c(c6)n(C)c(=O)n7C6CCC(=O)NC6=O)CC5)CC4)cc3)cn([C@H]3CC[C@H](O)CC3)c2n1. The smallest absolute Gasteiger partial charge is 0.391 e. The molecule has 3 N–H and O–H groups in total. The predicted molar refractivity (Wildman–Crippen MR) is 249 cm³/mol. The highest BCUT2D eigenvalue weighted by molar-refractivity contribution is 6.00. The van der Waals surface area contributed by atoms with Crippen LogP contribution in [-0.4, -0.2) is 132 Å². The zero-order valence-electron chi connectivity index (χ0n) is 38.5. The number of carbonyl (C=O) groups excluding carboxylic acids is 2. The molecule has 1 saturated carbocycles. The largest absolute Gasteiger partial charge is 0.393 e. The van der Waals surface area contributed by atoms with Gasteiger partial charge in [-0.05, 0) is 87.1 Å². The van der Waals surface area contributed by atoms with Gasteiger partial charge in [0.25, 0.3) is 0 Å². The molecule has 360 valence electrons. The first-order valence-electron chi connectivity index (χ1n) is 24.0. The Balaban J connectivity index is 0.708. The third-order valence-electron chi connectivity index (χ3n) is 14.3. The fourth-order valence-corrected chi connectivity index (χ4v) is 10.5. The van der Waals surface area contributed by atoms with Gasteiger partial charge < -0.3 is 24.6 Å². The minimum atomic E-state index is -4.29. The first-order chi connectivity index (χ1) is 32.2. The number of benzene rings is 2. The van der Waals surface area contributed by atoms with Crippen molar-refractivity contribution in [1.29, 1.82) is 0 Å². The molecule has 3 saturated heterocycles. The Bertz CT molecular complexity index is 2590. The van der Waals surface area contributed by atoms with Crippen LogP contribution in [0.1, 0.15) is 94.3 Å². The van der Waals surface area contributed by atoms with Gasteiger partial charge in [-0.25, -0.2) is 9.78 Å². The standard InChI is InChI=1S/C49H63F3N10O5/c1-32(27-49(50,51)52)54-47-53-28-39-40(31-61(45(39)56-47)36-9-11-37(63)12-10-36)35-7-4-33(5-8-35)29-60-23-21-58(22-24-60)18-3-25-67-38-16-19-59(20-17-38)30-34-6-13-41-43(26-34)57(2)48(66)62(41)42-14-15-44(64)55-46(42)65/h4-8,13,26,28,31-32,36-38,42,63H,3,9-12,14-25,27,29-30H2,1-2H3,(H,53,54,56)(H,55,64,65)/t32-,36-,37-,42?/m1/s1. The second-order valence-corrected chi connectivity index (χ2v) is 19.2. The number of imide groups is 1. The van der Waals surface area contributed by atoms with Gasteiger partial charge in [0.2, 0.25) is 17.8 Å². The molecule has 1 aliphatic carbocycles. The van der Waals surface area contributed by atoms with Crippen LogP contribution in [0, 0.1) is 0 Å². The molecule has 4 fully saturated rings. The van der Waals surface area contributed by atoms with E-state index in [0.717, 1.165) is 125 Å². The number of aromatic nitrogens is 5. The van der Waals surface area contributed by atoms with E-state index >= 15 is 0 Å². The molecule has 15 nitrogen and oxygen atoms in total. The second kappa shape index (κ2) is 20.2. The van der Waals surface area contributed by atoms with Crippen LogP contribution < -0.4 is 16.3 Å². The summed E-state index contributed by atoms with van der Waals surface area (Å²) in [6.45, 7) is 10.8. The van der Waals surface area contributed by atoms with Gasteiger partial charge in [-0.15, -0.1) is 0 Å². The van der Waals surface area contributed by atoms with Crippen molar-refractivity contribution in [1.82, 2.24) is 43.7 Å². The first-order valence-corrected chi connectivity index (χ1v) is 24.0. The molecule has 2 amide bonds. The summed E-state index contributed by atoms with van der Waals surface area (Å²) in [5.41, 5.74) is 6.27. The van der Waals surface area contributed by atoms with Crippen LogP contribution in [0.25, 0.3) is 33.2 Å². The number of carbonyl (C=O) groups is 2. The monoisotopic (exact) mass is 928 g/mol. The maximum atomic E-state index is 13.2. The quantitative estimate of drug-likeness (QED) is 0.0819. The fourth-order valence-electron chi connectivity index (χ4n) is 10.5. The number of nitrogens with zero attached hydrogens (tertiary/aromatic N) is 8. The van der Waals surface area contributed by atoms with Gasteiger partial charge in [0, 0.05) is 114 Å². The number of amides is 2. The van der Waals surface area contributed by atoms with E-state index in [9.17, 15) is 32.7 Å². The fraction of sp³-hybridized carbons (Fsp3) is 0.571. The Morgan fingerprint density at radius 2 is 1.55 bits per heavy atom. The minimum absolute atomic E-state index is 0.128. The minimum Gasteiger partial charge on any atom is -0.393 e. The van der Waals surface area contributed by atoms with Crippen LogP contribution in [0.2, 0.25) is 0 Å². The summed E-state index contributed by atoms with van der Waals surface area (Å²) in [5, 5.41) is 16.2. The van der Waals surface area contributed by atoms with Crippen LogP contribution in [-0.2, 0) is 34.5 Å². The molecule has 0 spiro atoms. The van der Waals surface area contributed by atoms with Gasteiger partial charge in [-0.2, -0.15) is 18.2 Å². The number of ether oxygens (including phenoxy) is 1. The molecule has 4 aliphatic rings. The number of nitrogens with one attached hydrogen (secondary N) is 2. The normalized spacial score (nSPS) is 22.4. The highest BCUT2D eigenvalue weighted by atomic mass is 19.4. The number of likely N-dealkylation sites (tertiary alicyclic amines) is 1. The van der Waals surface area contributed by atoms with Gasteiger partial charge in [0.05, 0.1) is 29.7 Å². The number of piperidine rings is 2. The molecule has 67 heavy (non-hydrogen) atoms. The number of rotatable bonds is 15. The van der Waals surface area contributed by atoms with E-state index in [1.165, 1.54) is 17.1 Å². The third-order valence-corrected chi connectivity index (χ3v) is 14.3. The van der Waals surface area contributed by atoms with Crippen LogP contribution >= 0.6 is 0 Å². The molecule has 2 atom stereocenters. The average molecular weight is 929 g/mol. The molecule has 0 bridgehead atoms. The molecule has 1 unspecified atom stereocenters. The molecule has 3 aromatic heterocycles. The van der Waals surface area contributed by atoms with Crippen LogP contribution in [0.15, 0.2) is 59.7 Å². The molecular formula is C49H63F3N10O5. The van der Waals surface area contributed by atoms with E-state index < -0.39 is 30.6 Å². The lowest BCUT2D eigenvalue weighted by Gasteiger charge is -2.35. The van der Waals surface area contributed by atoms with Crippen molar-refractivity contribution in [3.8, 4) is 11.1 Å². The van der Waals surface area contributed by atoms with Crippen molar-refractivity contribution in [2.45, 2.75) is 121 Å². The maximum absolute atomic E-state index is 13.2. The first kappa shape index (κ1) is 46.9. The Hall–Kier alpha value is -5.14. The predicted octanol–water partition coefficient (Wildman–Crippen LogP) is 6.15. The third kappa shape index (κ3) is 11.1. The molecule has 0 radical (unpaired) electrons. The Morgan fingerprint density at radius 3 is 2.27 bits per heavy atom. The van der Waals surface area contributed by atoms with E-state index in [1.54, 1.807) is 17.8 Å². The van der Waals surface area contributed by atoms with Crippen LogP contribution in [0.3, 0.4) is 0 Å². The lowest BCUT2D eigenvalue weighted by atomic mass is 9.93. The Labute approximate surface area is 388 Å². The maximum Gasteiger partial charge on any atom is 0.391 e. The summed E-state index contributed by atoms with van der Waals surface area (Å²) in [6, 6.07) is 13.2. The van der Waals surface area contributed by atoms with Gasteiger partial charge in [-0.3, -0.25) is 33.8 Å². The Morgan fingerprint density at radius 1 is 0.866 bits per heavy atom. The number of piperazine rings is 1. The summed E-state index contributed by atoms with van der Waals surface area (Å²) in [4.78, 5) is 54.1. The lowest BCUT2D eigenvalue weighted by molar-refractivity contribution is -0.137. The number of aliphatic hydroxyl groups is 1. The Kier molecular flexibility index (Phi) is 14.2. The number of imidazole rings is 1. The number of aliphatic hydroxyl groups excluding tert-OH is 1. The summed E-state index contributed by atoms with van der Waals surface area (Å²) in [5.74, 6) is -0.557. The highest BCUT2D eigenvalue weighted by Crippen LogP contribution is 2.37.